The van der Waals surface area contributed by atoms with E-state index in [4.69, 9.17) is 9.15 Å². The second kappa shape index (κ2) is 8.75. The molecule has 27 heavy (non-hydrogen) atoms. The zero-order valence-electron chi connectivity index (χ0n) is 15.9. The first-order valence-electron chi connectivity index (χ1n) is 9.36. The molecule has 144 valence electrons. The monoisotopic (exact) mass is 370 g/mol. The number of carbonyl (C=O) groups excluding carboxylic acids is 2. The lowest BCUT2D eigenvalue weighted by Crippen LogP contribution is -2.35. The predicted octanol–water partition coefficient (Wildman–Crippen LogP) is 3.36. The average molecular weight is 370 g/mol. The molecule has 1 aliphatic rings. The number of aromatic nitrogens is 1. The number of nitrogens with one attached hydrogen (secondary N) is 1. The van der Waals surface area contributed by atoms with Crippen LogP contribution in [0.5, 0.6) is 0 Å². The van der Waals surface area contributed by atoms with Crippen LogP contribution in [-0.2, 0) is 20.9 Å². The number of esters is 1. The minimum Gasteiger partial charge on any atom is -0.467 e. The van der Waals surface area contributed by atoms with Crippen LogP contribution in [-0.4, -0.2) is 29.1 Å². The van der Waals surface area contributed by atoms with Gasteiger partial charge in [-0.05, 0) is 56.5 Å². The second-order valence-electron chi connectivity index (χ2n) is 6.98. The Morgan fingerprint density at radius 2 is 2.11 bits per heavy atom. The second-order valence-corrected chi connectivity index (χ2v) is 6.98. The number of aryl methyl sites for hydroxylation is 1. The number of ether oxygens (including phenoxy) is 1. The first-order chi connectivity index (χ1) is 13.0. The summed E-state index contributed by atoms with van der Waals surface area (Å²) in [5.74, 6) is 0.118. The van der Waals surface area contributed by atoms with E-state index in [-0.39, 0.29) is 18.6 Å². The standard InChI is InChI=1S/C21H26N2O4/c1-15-12-17(16(2)23(15)13-19-8-5-11-26-19)9-10-21(25)27-14-20(24)22-18-6-3-4-7-18/h5,8-12,18H,3-4,6-7,13-14H2,1-2H3,(H,22,24)/b10-9+. The number of rotatable bonds is 7. The molecule has 1 saturated carbocycles. The van der Waals surface area contributed by atoms with Crippen LogP contribution >= 0.6 is 0 Å². The fourth-order valence-electron chi connectivity index (χ4n) is 3.48. The van der Waals surface area contributed by atoms with Gasteiger partial charge in [0.2, 0.25) is 0 Å². The Kier molecular flexibility index (Phi) is 6.16. The summed E-state index contributed by atoms with van der Waals surface area (Å²) in [6.45, 7) is 4.41. The highest BCUT2D eigenvalue weighted by atomic mass is 16.5. The topological polar surface area (TPSA) is 73.5 Å². The van der Waals surface area contributed by atoms with E-state index in [0.717, 1.165) is 48.4 Å². The number of hydrogen-bond acceptors (Lipinski definition) is 4. The lowest BCUT2D eigenvalue weighted by atomic mass is 10.2. The molecule has 1 N–H and O–H groups in total. The van der Waals surface area contributed by atoms with Gasteiger partial charge in [-0.15, -0.1) is 0 Å². The van der Waals surface area contributed by atoms with Gasteiger partial charge in [-0.2, -0.15) is 0 Å². The lowest BCUT2D eigenvalue weighted by Gasteiger charge is -2.11. The fraction of sp³-hybridized carbons (Fsp3) is 0.429. The van der Waals surface area contributed by atoms with E-state index >= 15 is 0 Å². The molecule has 0 radical (unpaired) electrons. The Hall–Kier alpha value is -2.76. The van der Waals surface area contributed by atoms with Gasteiger partial charge in [0.25, 0.3) is 5.91 Å². The Bertz CT molecular complexity index is 812. The molecule has 0 spiro atoms. The first kappa shape index (κ1) is 19.0. The van der Waals surface area contributed by atoms with Crippen molar-refractivity contribution in [1.29, 1.82) is 0 Å². The molecule has 0 atom stereocenters. The van der Waals surface area contributed by atoms with Gasteiger partial charge in [-0.1, -0.05) is 12.8 Å². The lowest BCUT2D eigenvalue weighted by molar-refractivity contribution is -0.144. The van der Waals surface area contributed by atoms with Crippen LogP contribution in [0.15, 0.2) is 35.0 Å². The Labute approximate surface area is 159 Å². The molecule has 6 nitrogen and oxygen atoms in total. The molecule has 2 aromatic rings. The smallest absolute Gasteiger partial charge is 0.331 e. The minimum absolute atomic E-state index is 0.228. The molecule has 0 aromatic carbocycles. The summed E-state index contributed by atoms with van der Waals surface area (Å²) >= 11 is 0. The van der Waals surface area contributed by atoms with Crippen molar-refractivity contribution in [2.24, 2.45) is 0 Å². The largest absolute Gasteiger partial charge is 0.467 e. The van der Waals surface area contributed by atoms with Gasteiger partial charge in [-0.25, -0.2) is 4.79 Å². The van der Waals surface area contributed by atoms with Crippen molar-refractivity contribution in [1.82, 2.24) is 9.88 Å². The van der Waals surface area contributed by atoms with Crippen LogP contribution < -0.4 is 5.32 Å². The maximum atomic E-state index is 11.9. The summed E-state index contributed by atoms with van der Waals surface area (Å²) in [6.07, 6.45) is 9.04. The summed E-state index contributed by atoms with van der Waals surface area (Å²) in [7, 11) is 0. The van der Waals surface area contributed by atoms with Crippen LogP contribution in [0.1, 0.15) is 48.4 Å². The minimum atomic E-state index is -0.521. The molecule has 1 fully saturated rings. The SMILES string of the molecule is Cc1cc(/C=C/C(=O)OCC(=O)NC2CCCC2)c(C)n1Cc1ccco1. The van der Waals surface area contributed by atoms with E-state index in [1.165, 1.54) is 6.08 Å². The zero-order valence-corrected chi connectivity index (χ0v) is 15.9. The van der Waals surface area contributed by atoms with E-state index in [1.807, 2.05) is 32.0 Å². The van der Waals surface area contributed by atoms with Gasteiger partial charge in [0.05, 0.1) is 12.8 Å². The summed E-state index contributed by atoms with van der Waals surface area (Å²) in [4.78, 5) is 23.7. The zero-order chi connectivity index (χ0) is 19.2. The summed E-state index contributed by atoms with van der Waals surface area (Å²) in [5.41, 5.74) is 3.05. The van der Waals surface area contributed by atoms with Crippen molar-refractivity contribution in [3.8, 4) is 0 Å². The Morgan fingerprint density at radius 1 is 1.33 bits per heavy atom. The summed E-state index contributed by atoms with van der Waals surface area (Å²) in [6, 6.07) is 6.03. The number of furan rings is 1. The van der Waals surface area contributed by atoms with E-state index in [2.05, 4.69) is 9.88 Å². The highest BCUT2D eigenvalue weighted by Gasteiger charge is 2.17. The third-order valence-corrected chi connectivity index (χ3v) is 4.97. The predicted molar refractivity (Wildman–Crippen MR) is 102 cm³/mol. The average Bonchev–Trinajstić information content (AvgIpc) is 3.38. The van der Waals surface area contributed by atoms with Crippen molar-refractivity contribution in [2.45, 2.75) is 52.1 Å². The fourth-order valence-corrected chi connectivity index (χ4v) is 3.48. The highest BCUT2D eigenvalue weighted by molar-refractivity contribution is 5.89. The number of amides is 1. The molecule has 0 aliphatic heterocycles. The molecule has 0 bridgehead atoms. The van der Waals surface area contributed by atoms with Gasteiger partial charge >= 0.3 is 5.97 Å². The van der Waals surface area contributed by atoms with Crippen LogP contribution in [0.4, 0.5) is 0 Å². The number of nitrogens with zero attached hydrogens (tertiary/aromatic N) is 1. The molecule has 1 amide bonds. The van der Waals surface area contributed by atoms with Crippen molar-refractivity contribution in [3.05, 3.63) is 53.2 Å². The van der Waals surface area contributed by atoms with Crippen LogP contribution in [0.25, 0.3) is 6.08 Å². The number of hydrogen-bond donors (Lipinski definition) is 1. The van der Waals surface area contributed by atoms with Crippen molar-refractivity contribution in [2.75, 3.05) is 6.61 Å². The molecule has 2 aromatic heterocycles. The molecule has 3 rings (SSSR count). The van der Waals surface area contributed by atoms with Gasteiger partial charge in [0.15, 0.2) is 6.61 Å². The van der Waals surface area contributed by atoms with E-state index in [1.54, 1.807) is 12.3 Å². The molecular weight excluding hydrogens is 344 g/mol. The van der Waals surface area contributed by atoms with Gasteiger partial charge in [0, 0.05) is 23.5 Å². The maximum Gasteiger partial charge on any atom is 0.331 e. The molecule has 0 unspecified atom stereocenters. The van der Waals surface area contributed by atoms with E-state index < -0.39 is 5.97 Å². The first-order valence-corrected chi connectivity index (χ1v) is 9.36. The van der Waals surface area contributed by atoms with Crippen LogP contribution in [0, 0.1) is 13.8 Å². The van der Waals surface area contributed by atoms with Crippen LogP contribution in [0.3, 0.4) is 0 Å². The summed E-state index contributed by atoms with van der Waals surface area (Å²) < 4.78 is 12.6. The van der Waals surface area contributed by atoms with Crippen LogP contribution in [0.2, 0.25) is 0 Å². The highest BCUT2D eigenvalue weighted by Crippen LogP contribution is 2.19. The van der Waals surface area contributed by atoms with Gasteiger partial charge in [0.1, 0.15) is 5.76 Å². The maximum absolute atomic E-state index is 11.9. The third-order valence-electron chi connectivity index (χ3n) is 4.97. The van der Waals surface area contributed by atoms with Crippen molar-refractivity contribution < 1.29 is 18.7 Å². The van der Waals surface area contributed by atoms with E-state index in [9.17, 15) is 9.59 Å². The van der Waals surface area contributed by atoms with Gasteiger partial charge in [-0.3, -0.25) is 4.79 Å². The van der Waals surface area contributed by atoms with Gasteiger partial charge < -0.3 is 19.0 Å². The number of carbonyl (C=O) groups is 2. The quantitative estimate of drug-likeness (QED) is 0.599. The Balaban J connectivity index is 1.52. The van der Waals surface area contributed by atoms with Crippen molar-refractivity contribution in [3.63, 3.8) is 0 Å². The normalized spacial score (nSPS) is 14.7. The Morgan fingerprint density at radius 3 is 2.81 bits per heavy atom. The third kappa shape index (κ3) is 5.12. The summed E-state index contributed by atoms with van der Waals surface area (Å²) in [5, 5.41) is 2.90. The molecule has 1 aliphatic carbocycles. The van der Waals surface area contributed by atoms with Crippen molar-refractivity contribution >= 4 is 18.0 Å². The molecular formula is C21H26N2O4. The molecule has 6 heteroatoms. The molecule has 0 saturated heterocycles. The van der Waals surface area contributed by atoms with E-state index in [0.29, 0.717) is 6.54 Å². The molecule has 2 heterocycles.